The van der Waals surface area contributed by atoms with Gasteiger partial charge < -0.3 is 15.2 Å². The Morgan fingerprint density at radius 1 is 1.32 bits per heavy atom. The highest BCUT2D eigenvalue weighted by atomic mass is 79.9. The fourth-order valence-corrected chi connectivity index (χ4v) is 6.00. The van der Waals surface area contributed by atoms with Crippen molar-refractivity contribution in [3.05, 3.63) is 57.4 Å². The molecule has 202 valence electrons. The number of nitrogens with one attached hydrogen (secondary N) is 1. The van der Waals surface area contributed by atoms with E-state index in [1.807, 2.05) is 13.2 Å². The van der Waals surface area contributed by atoms with Crippen molar-refractivity contribution in [3.63, 3.8) is 0 Å². The maximum Gasteiger partial charge on any atom is 0.218 e. The third-order valence-electron chi connectivity index (χ3n) is 7.62. The summed E-state index contributed by atoms with van der Waals surface area (Å²) in [6.07, 6.45) is 6.42. The van der Waals surface area contributed by atoms with Gasteiger partial charge in [-0.05, 0) is 89.8 Å². The first-order chi connectivity index (χ1) is 17.4. The number of carbonyl (C=O) groups is 1. The molecule has 1 aliphatic heterocycles. The van der Waals surface area contributed by atoms with E-state index >= 15 is 0 Å². The third kappa shape index (κ3) is 6.70. The standard InChI is InChI=1S/C29H39BrFN3O3/c1-18(35)32-17-26(36)24(13-19-7-8-23(31)22(30)12-19)34(5)25-15-29(9-6-10-29)37-27-21(25)11-20(16-33-27)14-28(2,3)4/h7-8,11-12,16,24-26,36H,6,9-10,13-15,17H2,1-5H3,(H,32,35)/t24?,25-,26+/m0/s1. The topological polar surface area (TPSA) is 74.7 Å². The molecule has 1 aliphatic carbocycles. The first-order valence-corrected chi connectivity index (χ1v) is 13.9. The number of aromatic nitrogens is 1. The average molecular weight is 577 g/mol. The second kappa shape index (κ2) is 11.0. The molecule has 1 unspecified atom stereocenters. The van der Waals surface area contributed by atoms with Crippen LogP contribution in [0.5, 0.6) is 5.88 Å². The molecule has 37 heavy (non-hydrogen) atoms. The van der Waals surface area contributed by atoms with Crippen molar-refractivity contribution in [2.45, 2.75) is 90.0 Å². The van der Waals surface area contributed by atoms with Gasteiger partial charge in [0.15, 0.2) is 0 Å². The van der Waals surface area contributed by atoms with Gasteiger partial charge in [0.1, 0.15) is 11.4 Å². The van der Waals surface area contributed by atoms with Crippen LogP contribution in [0.3, 0.4) is 0 Å². The SMILES string of the molecule is CC(=O)NC[C@@H](O)C(Cc1ccc(F)c(Br)c1)N(C)[C@H]1CC2(CCC2)Oc2ncc(CC(C)(C)C)cc21. The Labute approximate surface area is 228 Å². The summed E-state index contributed by atoms with van der Waals surface area (Å²) in [5.74, 6) is 0.168. The second-order valence-corrected chi connectivity index (χ2v) is 12.9. The number of likely N-dealkylation sites (N-methyl/N-ethyl adjacent to an activating group) is 1. The first-order valence-electron chi connectivity index (χ1n) is 13.1. The summed E-state index contributed by atoms with van der Waals surface area (Å²) in [5, 5.41) is 14.1. The van der Waals surface area contributed by atoms with Gasteiger partial charge in [-0.2, -0.15) is 0 Å². The Morgan fingerprint density at radius 3 is 2.65 bits per heavy atom. The molecule has 8 heteroatoms. The molecule has 3 atom stereocenters. The zero-order valence-corrected chi connectivity index (χ0v) is 24.1. The van der Waals surface area contributed by atoms with E-state index in [0.29, 0.717) is 16.8 Å². The van der Waals surface area contributed by atoms with Gasteiger partial charge in [0, 0.05) is 43.7 Å². The minimum absolute atomic E-state index is 0.0164. The molecule has 4 rings (SSSR count). The van der Waals surface area contributed by atoms with Crippen molar-refractivity contribution in [1.29, 1.82) is 0 Å². The molecule has 6 nitrogen and oxygen atoms in total. The van der Waals surface area contributed by atoms with Crippen LogP contribution >= 0.6 is 15.9 Å². The smallest absolute Gasteiger partial charge is 0.218 e. The number of nitrogens with zero attached hydrogens (tertiary/aromatic N) is 2. The highest BCUT2D eigenvalue weighted by molar-refractivity contribution is 9.10. The van der Waals surface area contributed by atoms with E-state index in [0.717, 1.165) is 48.8 Å². The van der Waals surface area contributed by atoms with E-state index in [9.17, 15) is 14.3 Å². The van der Waals surface area contributed by atoms with Gasteiger partial charge in [-0.3, -0.25) is 9.69 Å². The van der Waals surface area contributed by atoms with Crippen LogP contribution in [0.2, 0.25) is 0 Å². The number of amides is 1. The quantitative estimate of drug-likeness (QED) is 0.443. The van der Waals surface area contributed by atoms with Crippen molar-refractivity contribution in [1.82, 2.24) is 15.2 Å². The molecule has 2 N–H and O–H groups in total. The van der Waals surface area contributed by atoms with E-state index in [1.54, 1.807) is 12.1 Å². The molecule has 1 fully saturated rings. The Hall–Kier alpha value is -2.03. The molecular weight excluding hydrogens is 537 g/mol. The lowest BCUT2D eigenvalue weighted by atomic mass is 9.72. The van der Waals surface area contributed by atoms with Crippen LogP contribution in [0, 0.1) is 11.2 Å². The number of ether oxygens (including phenoxy) is 1. The number of aliphatic hydroxyl groups excluding tert-OH is 1. The normalized spacial score (nSPS) is 20.1. The zero-order valence-electron chi connectivity index (χ0n) is 22.5. The molecule has 1 aromatic heterocycles. The highest BCUT2D eigenvalue weighted by Crippen LogP contribution is 2.50. The van der Waals surface area contributed by atoms with Crippen molar-refractivity contribution in [3.8, 4) is 5.88 Å². The van der Waals surface area contributed by atoms with E-state index in [4.69, 9.17) is 9.72 Å². The van der Waals surface area contributed by atoms with Crippen LogP contribution in [0.25, 0.3) is 0 Å². The summed E-state index contributed by atoms with van der Waals surface area (Å²) in [6, 6.07) is 6.81. The number of pyridine rings is 1. The molecule has 1 saturated carbocycles. The molecule has 1 amide bonds. The molecule has 0 bridgehead atoms. The van der Waals surface area contributed by atoms with Crippen molar-refractivity contribution < 1.29 is 19.0 Å². The van der Waals surface area contributed by atoms with E-state index in [2.05, 4.69) is 53.0 Å². The van der Waals surface area contributed by atoms with Crippen molar-refractivity contribution in [2.75, 3.05) is 13.6 Å². The predicted octanol–water partition coefficient (Wildman–Crippen LogP) is 5.36. The number of hydrogen-bond acceptors (Lipinski definition) is 5. The molecule has 0 radical (unpaired) electrons. The molecule has 2 heterocycles. The Bertz CT molecular complexity index is 1130. The van der Waals surface area contributed by atoms with E-state index in [1.165, 1.54) is 13.0 Å². The first kappa shape index (κ1) is 28.0. The summed E-state index contributed by atoms with van der Waals surface area (Å²) < 4.78 is 20.8. The molecule has 0 saturated heterocycles. The van der Waals surface area contributed by atoms with Gasteiger partial charge in [0.2, 0.25) is 11.8 Å². The fraction of sp³-hybridized carbons (Fsp3) is 0.586. The number of carbonyl (C=O) groups excluding carboxylic acids is 1. The summed E-state index contributed by atoms with van der Waals surface area (Å²) in [4.78, 5) is 18.6. The molecule has 2 aliphatic rings. The van der Waals surface area contributed by atoms with Crippen LogP contribution < -0.4 is 10.1 Å². The van der Waals surface area contributed by atoms with Gasteiger partial charge in [-0.1, -0.05) is 26.8 Å². The summed E-state index contributed by atoms with van der Waals surface area (Å²) in [6.45, 7) is 8.22. The van der Waals surface area contributed by atoms with E-state index in [-0.39, 0.29) is 41.4 Å². The molecule has 1 spiro atoms. The lowest BCUT2D eigenvalue weighted by molar-refractivity contribution is -0.119. The number of benzene rings is 1. The molecular formula is C29H39BrFN3O3. The van der Waals surface area contributed by atoms with Crippen molar-refractivity contribution >= 4 is 21.8 Å². The third-order valence-corrected chi connectivity index (χ3v) is 8.23. The van der Waals surface area contributed by atoms with Gasteiger partial charge in [-0.25, -0.2) is 9.37 Å². The Kier molecular flexibility index (Phi) is 8.31. The number of halogens is 2. The van der Waals surface area contributed by atoms with Crippen LogP contribution in [0.4, 0.5) is 4.39 Å². The lowest BCUT2D eigenvalue weighted by Gasteiger charge is -2.50. The monoisotopic (exact) mass is 575 g/mol. The van der Waals surface area contributed by atoms with Crippen molar-refractivity contribution in [2.24, 2.45) is 5.41 Å². The average Bonchev–Trinajstić information content (AvgIpc) is 2.80. The summed E-state index contributed by atoms with van der Waals surface area (Å²) in [7, 11) is 2.03. The fourth-order valence-electron chi connectivity index (χ4n) is 5.57. The van der Waals surface area contributed by atoms with Crippen LogP contribution in [0.15, 0.2) is 34.9 Å². The highest BCUT2D eigenvalue weighted by Gasteiger charge is 2.48. The number of aliphatic hydroxyl groups is 1. The zero-order chi connectivity index (χ0) is 27.0. The lowest BCUT2D eigenvalue weighted by Crippen LogP contribution is -2.54. The van der Waals surface area contributed by atoms with Crippen LogP contribution in [-0.4, -0.2) is 52.2 Å². The van der Waals surface area contributed by atoms with E-state index < -0.39 is 6.10 Å². The van der Waals surface area contributed by atoms with Crippen LogP contribution in [0.1, 0.15) is 76.1 Å². The summed E-state index contributed by atoms with van der Waals surface area (Å²) >= 11 is 3.29. The van der Waals surface area contributed by atoms with Gasteiger partial charge in [0.05, 0.1) is 10.6 Å². The number of rotatable bonds is 8. The summed E-state index contributed by atoms with van der Waals surface area (Å²) in [5.41, 5.74) is 3.00. The second-order valence-electron chi connectivity index (χ2n) is 12.0. The predicted molar refractivity (Wildman–Crippen MR) is 146 cm³/mol. The maximum absolute atomic E-state index is 13.9. The van der Waals surface area contributed by atoms with Gasteiger partial charge in [-0.15, -0.1) is 0 Å². The largest absolute Gasteiger partial charge is 0.471 e. The van der Waals surface area contributed by atoms with Gasteiger partial charge >= 0.3 is 0 Å². The Morgan fingerprint density at radius 2 is 2.05 bits per heavy atom. The van der Waals surface area contributed by atoms with Crippen LogP contribution in [-0.2, 0) is 17.6 Å². The van der Waals surface area contributed by atoms with Gasteiger partial charge in [0.25, 0.3) is 0 Å². The minimum atomic E-state index is -0.827. The minimum Gasteiger partial charge on any atom is -0.471 e. The maximum atomic E-state index is 13.9. The Balaban J connectivity index is 1.69. The molecule has 2 aromatic rings. The number of hydrogen-bond donors (Lipinski definition) is 2. The number of fused-ring (bicyclic) bond motifs is 1. The molecule has 1 aromatic carbocycles.